The Morgan fingerprint density at radius 1 is 1.06 bits per heavy atom. The average molecular weight is 479 g/mol. The molecule has 2 rings (SSSR count). The van der Waals surface area contributed by atoms with E-state index in [9.17, 15) is 9.59 Å². The molecule has 7 heteroatoms. The molecule has 2 aromatic carbocycles. The van der Waals surface area contributed by atoms with Gasteiger partial charge in [-0.15, -0.1) is 0 Å². The van der Waals surface area contributed by atoms with Crippen molar-refractivity contribution in [1.82, 2.24) is 10.2 Å². The van der Waals surface area contributed by atoms with Crippen LogP contribution in [0.3, 0.4) is 0 Å². The SMILES string of the molecule is CC[C@@H](C(=O)NC(C)C)N(Cc1ccc(Cl)c(Cl)c1)C(=O)CCCOc1ccc(C)cc1. The molecule has 0 fully saturated rings. The van der Waals surface area contributed by atoms with Gasteiger partial charge in [-0.1, -0.05) is 53.9 Å². The fourth-order valence-corrected chi connectivity index (χ4v) is 3.65. The van der Waals surface area contributed by atoms with Crippen LogP contribution in [0.25, 0.3) is 0 Å². The molecule has 0 spiro atoms. The summed E-state index contributed by atoms with van der Waals surface area (Å²) in [6.07, 6.45) is 1.33. The Balaban J connectivity index is 2.08. The highest BCUT2D eigenvalue weighted by atomic mass is 35.5. The number of nitrogens with one attached hydrogen (secondary N) is 1. The number of halogens is 2. The molecule has 0 bridgehead atoms. The highest BCUT2D eigenvalue weighted by Crippen LogP contribution is 2.24. The topological polar surface area (TPSA) is 58.6 Å². The maximum atomic E-state index is 13.2. The van der Waals surface area contributed by atoms with Crippen LogP contribution in [0.2, 0.25) is 10.0 Å². The fourth-order valence-electron chi connectivity index (χ4n) is 3.33. The minimum absolute atomic E-state index is 0.0126. The standard InChI is InChI=1S/C25H32Cl2N2O3/c1-5-23(25(31)28-17(2)3)29(16-19-10-13-21(26)22(27)15-19)24(30)7-6-14-32-20-11-8-18(4)9-12-20/h8-13,15,17,23H,5-7,14,16H2,1-4H3,(H,28,31)/t23-/m0/s1. The highest BCUT2D eigenvalue weighted by molar-refractivity contribution is 6.42. The summed E-state index contributed by atoms with van der Waals surface area (Å²) in [5, 5.41) is 3.79. The molecular formula is C25H32Cl2N2O3. The Morgan fingerprint density at radius 3 is 2.34 bits per heavy atom. The van der Waals surface area contributed by atoms with Gasteiger partial charge in [-0.3, -0.25) is 9.59 Å². The second kappa shape index (κ2) is 12.7. The maximum Gasteiger partial charge on any atom is 0.243 e. The van der Waals surface area contributed by atoms with E-state index in [1.54, 1.807) is 17.0 Å². The van der Waals surface area contributed by atoms with Gasteiger partial charge in [0.25, 0.3) is 0 Å². The number of nitrogens with zero attached hydrogens (tertiary/aromatic N) is 1. The number of carbonyl (C=O) groups excluding carboxylic acids is 2. The summed E-state index contributed by atoms with van der Waals surface area (Å²) < 4.78 is 5.74. The van der Waals surface area contributed by atoms with E-state index >= 15 is 0 Å². The summed E-state index contributed by atoms with van der Waals surface area (Å²) in [4.78, 5) is 27.6. The number of carbonyl (C=O) groups is 2. The van der Waals surface area contributed by atoms with Crippen LogP contribution in [0.4, 0.5) is 0 Å². The van der Waals surface area contributed by atoms with Gasteiger partial charge in [0.05, 0.1) is 16.7 Å². The van der Waals surface area contributed by atoms with E-state index in [0.29, 0.717) is 29.5 Å². The zero-order valence-electron chi connectivity index (χ0n) is 19.2. The summed E-state index contributed by atoms with van der Waals surface area (Å²) in [7, 11) is 0. The molecule has 2 aromatic rings. The predicted octanol–water partition coefficient (Wildman–Crippen LogP) is 5.79. The first-order valence-corrected chi connectivity index (χ1v) is 11.7. The van der Waals surface area contributed by atoms with Gasteiger partial charge >= 0.3 is 0 Å². The highest BCUT2D eigenvalue weighted by Gasteiger charge is 2.28. The smallest absolute Gasteiger partial charge is 0.243 e. The Labute approximate surface area is 201 Å². The Morgan fingerprint density at radius 2 is 1.75 bits per heavy atom. The van der Waals surface area contributed by atoms with Crippen molar-refractivity contribution in [3.8, 4) is 5.75 Å². The first-order valence-electron chi connectivity index (χ1n) is 10.9. The number of benzene rings is 2. The number of ether oxygens (including phenoxy) is 1. The second-order valence-electron chi connectivity index (χ2n) is 8.12. The molecule has 32 heavy (non-hydrogen) atoms. The van der Waals surface area contributed by atoms with Crippen molar-refractivity contribution in [2.45, 2.75) is 65.6 Å². The summed E-state index contributed by atoms with van der Waals surface area (Å²) >= 11 is 12.2. The summed E-state index contributed by atoms with van der Waals surface area (Å²) in [6.45, 7) is 8.42. The molecule has 174 valence electrons. The van der Waals surface area contributed by atoms with E-state index in [1.807, 2.05) is 58.0 Å². The molecule has 0 aliphatic rings. The third-order valence-corrected chi connectivity index (χ3v) is 5.72. The van der Waals surface area contributed by atoms with E-state index in [2.05, 4.69) is 5.32 Å². The number of amides is 2. The number of aryl methyl sites for hydroxylation is 1. The van der Waals surface area contributed by atoms with E-state index < -0.39 is 6.04 Å². The third-order valence-electron chi connectivity index (χ3n) is 4.98. The summed E-state index contributed by atoms with van der Waals surface area (Å²) in [5.74, 6) is 0.514. The molecular weight excluding hydrogens is 447 g/mol. The van der Waals surface area contributed by atoms with Crippen LogP contribution in [-0.4, -0.2) is 35.4 Å². The Hall–Kier alpha value is -2.24. The number of hydrogen-bond acceptors (Lipinski definition) is 3. The largest absolute Gasteiger partial charge is 0.494 e. The van der Waals surface area contributed by atoms with Crippen molar-refractivity contribution in [1.29, 1.82) is 0 Å². The van der Waals surface area contributed by atoms with Crippen molar-refractivity contribution < 1.29 is 14.3 Å². The monoisotopic (exact) mass is 478 g/mol. The van der Waals surface area contributed by atoms with Gasteiger partial charge in [0.15, 0.2) is 0 Å². The molecule has 0 heterocycles. The Bertz CT molecular complexity index is 901. The van der Waals surface area contributed by atoms with Crippen LogP contribution in [0.1, 0.15) is 51.2 Å². The molecule has 2 amide bonds. The van der Waals surface area contributed by atoms with Crippen LogP contribution in [0, 0.1) is 6.92 Å². The predicted molar refractivity (Wildman–Crippen MR) is 130 cm³/mol. The quantitative estimate of drug-likeness (QED) is 0.415. The molecule has 0 radical (unpaired) electrons. The third kappa shape index (κ3) is 8.03. The Kier molecular flexibility index (Phi) is 10.3. The molecule has 0 saturated carbocycles. The molecule has 0 aliphatic carbocycles. The van der Waals surface area contributed by atoms with Crippen LogP contribution < -0.4 is 10.1 Å². The minimum Gasteiger partial charge on any atom is -0.494 e. The van der Waals surface area contributed by atoms with Gasteiger partial charge in [-0.2, -0.15) is 0 Å². The molecule has 1 N–H and O–H groups in total. The van der Waals surface area contributed by atoms with E-state index in [0.717, 1.165) is 16.9 Å². The molecule has 0 aliphatic heterocycles. The maximum absolute atomic E-state index is 13.2. The number of hydrogen-bond donors (Lipinski definition) is 1. The molecule has 1 atom stereocenters. The average Bonchev–Trinajstić information content (AvgIpc) is 2.74. The van der Waals surface area contributed by atoms with Crippen molar-refractivity contribution >= 4 is 35.0 Å². The number of rotatable bonds is 11. The molecule has 0 saturated heterocycles. The lowest BCUT2D eigenvalue weighted by atomic mass is 10.1. The van der Waals surface area contributed by atoms with Gasteiger partial charge in [-0.25, -0.2) is 0 Å². The molecule has 5 nitrogen and oxygen atoms in total. The van der Waals surface area contributed by atoms with Crippen molar-refractivity contribution in [3.05, 3.63) is 63.6 Å². The first kappa shape index (κ1) is 26.0. The van der Waals surface area contributed by atoms with Crippen LogP contribution in [0.5, 0.6) is 5.75 Å². The van der Waals surface area contributed by atoms with Gasteiger partial charge in [0.1, 0.15) is 11.8 Å². The zero-order valence-corrected chi connectivity index (χ0v) is 20.7. The lowest BCUT2D eigenvalue weighted by Gasteiger charge is -2.31. The lowest BCUT2D eigenvalue weighted by molar-refractivity contribution is -0.141. The van der Waals surface area contributed by atoms with Crippen LogP contribution in [0.15, 0.2) is 42.5 Å². The minimum atomic E-state index is -0.572. The van der Waals surface area contributed by atoms with E-state index in [-0.39, 0.29) is 30.8 Å². The molecule has 0 unspecified atom stereocenters. The second-order valence-corrected chi connectivity index (χ2v) is 8.94. The van der Waals surface area contributed by atoms with Crippen molar-refractivity contribution in [2.75, 3.05) is 6.61 Å². The van der Waals surface area contributed by atoms with E-state index in [4.69, 9.17) is 27.9 Å². The van der Waals surface area contributed by atoms with Crippen molar-refractivity contribution in [2.24, 2.45) is 0 Å². The van der Waals surface area contributed by atoms with Gasteiger partial charge in [0.2, 0.25) is 11.8 Å². The van der Waals surface area contributed by atoms with Gasteiger partial charge < -0.3 is 15.0 Å². The van der Waals surface area contributed by atoms with Gasteiger partial charge in [-0.05, 0) is 63.4 Å². The first-order chi connectivity index (χ1) is 15.2. The fraction of sp³-hybridized carbons (Fsp3) is 0.440. The normalized spacial score (nSPS) is 11.8. The van der Waals surface area contributed by atoms with Crippen LogP contribution in [-0.2, 0) is 16.1 Å². The zero-order chi connectivity index (χ0) is 23.7. The lowest BCUT2D eigenvalue weighted by Crippen LogP contribution is -2.50. The summed E-state index contributed by atoms with van der Waals surface area (Å²) in [5.41, 5.74) is 1.98. The van der Waals surface area contributed by atoms with Crippen molar-refractivity contribution in [3.63, 3.8) is 0 Å². The van der Waals surface area contributed by atoms with Crippen LogP contribution >= 0.6 is 23.2 Å². The summed E-state index contributed by atoms with van der Waals surface area (Å²) in [6, 6.07) is 12.5. The molecule has 0 aromatic heterocycles. The van der Waals surface area contributed by atoms with Gasteiger partial charge in [0, 0.05) is 19.0 Å². The van der Waals surface area contributed by atoms with E-state index in [1.165, 1.54) is 0 Å².